The first-order valence-electron chi connectivity index (χ1n) is 21.5. The molecule has 9 heteroatoms. The fourth-order valence-corrected chi connectivity index (χ4v) is 6.07. The number of hydrogen-bond acceptors (Lipinski definition) is 7. The Labute approximate surface area is 341 Å². The lowest BCUT2D eigenvalue weighted by molar-refractivity contribution is -0.161. The summed E-state index contributed by atoms with van der Waals surface area (Å²) >= 11 is 0. The Bertz CT molecular complexity index is 1230. The highest BCUT2D eigenvalue weighted by Gasteiger charge is 2.25. The number of ether oxygens (including phenoxy) is 2. The highest BCUT2D eigenvalue weighted by Crippen LogP contribution is 2.43. The number of hydrogen-bond donors (Lipinski definition) is 1. The maximum atomic E-state index is 12.6. The number of carbonyl (C=O) groups is 2. The van der Waals surface area contributed by atoms with Gasteiger partial charge < -0.3 is 14.4 Å². The molecule has 0 saturated heterocycles. The van der Waals surface area contributed by atoms with Crippen molar-refractivity contribution in [2.45, 2.75) is 168 Å². The van der Waals surface area contributed by atoms with Crippen molar-refractivity contribution in [3.05, 3.63) is 97.2 Å². The van der Waals surface area contributed by atoms with Crippen molar-refractivity contribution < 1.29 is 37.6 Å². The molecule has 0 heterocycles. The van der Waals surface area contributed by atoms with E-state index in [4.69, 9.17) is 18.5 Å². The van der Waals surface area contributed by atoms with Crippen LogP contribution in [-0.2, 0) is 32.7 Å². The molecule has 0 aliphatic rings. The van der Waals surface area contributed by atoms with E-state index in [0.717, 1.165) is 116 Å². The molecule has 0 aliphatic carbocycles. The van der Waals surface area contributed by atoms with Crippen LogP contribution in [0.25, 0.3) is 0 Å². The average molecular weight is 801 g/mol. The summed E-state index contributed by atoms with van der Waals surface area (Å²) in [6.45, 7) is 5.18. The van der Waals surface area contributed by atoms with Crippen LogP contribution in [0.1, 0.15) is 162 Å². The number of esters is 2. The number of carbonyl (C=O) groups excluding carboxylic acids is 2. The van der Waals surface area contributed by atoms with Gasteiger partial charge in [0, 0.05) is 12.8 Å². The second-order valence-corrected chi connectivity index (χ2v) is 15.0. The Balaban J connectivity index is 4.18. The highest BCUT2D eigenvalue weighted by molar-refractivity contribution is 7.47. The molecule has 2 atom stereocenters. The average Bonchev–Trinajstić information content (AvgIpc) is 3.18. The Morgan fingerprint density at radius 3 is 1.29 bits per heavy atom. The monoisotopic (exact) mass is 801 g/mol. The van der Waals surface area contributed by atoms with Crippen LogP contribution in [0.2, 0.25) is 0 Å². The summed E-state index contributed by atoms with van der Waals surface area (Å²) in [5, 5.41) is 0. The molecule has 1 N–H and O–H groups in total. The fourth-order valence-electron chi connectivity index (χ4n) is 5.32. The van der Waals surface area contributed by atoms with Gasteiger partial charge in [-0.05, 0) is 96.8 Å². The molecule has 0 aromatic carbocycles. The Morgan fingerprint density at radius 1 is 0.482 bits per heavy atom. The lowest BCUT2D eigenvalue weighted by atomic mass is 10.1. The minimum Gasteiger partial charge on any atom is -0.462 e. The summed E-state index contributed by atoms with van der Waals surface area (Å²) < 4.78 is 32.6. The van der Waals surface area contributed by atoms with Gasteiger partial charge in [-0.2, -0.15) is 0 Å². The molecule has 8 nitrogen and oxygen atoms in total. The standard InChI is InChI=1S/C47H77O8P/c1-4-7-9-11-13-15-17-19-21-23-24-26-28-30-32-34-36-38-40-42-47(49)55-45(44-54-56(50,51)53-6-3)43-52-46(48)41-39-37-35-33-31-29-27-25-22-20-18-16-14-12-10-8-5-2/h7-10,13-16,19-22,24,26-27,29,45H,4-6,11-12,17-18,23,25,28,30-44H2,1-3H3,(H,50,51)/b9-7-,10-8-,15-13-,16-14-,21-19-,22-20-,26-24-,29-27-. The summed E-state index contributed by atoms with van der Waals surface area (Å²) in [4.78, 5) is 34.8. The maximum absolute atomic E-state index is 12.6. The quantitative estimate of drug-likeness (QED) is 0.0285. The molecular weight excluding hydrogens is 723 g/mol. The van der Waals surface area contributed by atoms with Crippen LogP contribution < -0.4 is 0 Å². The number of phosphoric acid groups is 1. The van der Waals surface area contributed by atoms with Gasteiger partial charge in [-0.1, -0.05) is 150 Å². The van der Waals surface area contributed by atoms with Gasteiger partial charge in [-0.25, -0.2) is 4.57 Å². The maximum Gasteiger partial charge on any atom is 0.472 e. The lowest BCUT2D eigenvalue weighted by Gasteiger charge is -2.19. The summed E-state index contributed by atoms with van der Waals surface area (Å²) in [6, 6.07) is 0. The number of allylic oxidation sites excluding steroid dienone is 16. The topological polar surface area (TPSA) is 108 Å². The SMILES string of the molecule is CC/C=C\C/C=C\C/C=C\C/C=C\CCCCCCCCC(=O)OC(COC(=O)CCCCCC/C=C\C/C=C\C/C=C\C/C=C\CC)COP(=O)(O)OCC. The molecule has 2 unspecified atom stereocenters. The lowest BCUT2D eigenvalue weighted by Crippen LogP contribution is -2.29. The van der Waals surface area contributed by atoms with Crippen molar-refractivity contribution >= 4 is 19.8 Å². The zero-order valence-electron chi connectivity index (χ0n) is 35.2. The molecule has 56 heavy (non-hydrogen) atoms. The molecule has 0 aliphatic heterocycles. The van der Waals surface area contributed by atoms with Gasteiger partial charge in [-0.3, -0.25) is 18.6 Å². The molecule has 0 rings (SSSR count). The van der Waals surface area contributed by atoms with E-state index in [9.17, 15) is 19.0 Å². The van der Waals surface area contributed by atoms with Gasteiger partial charge in [0.25, 0.3) is 0 Å². The van der Waals surface area contributed by atoms with Gasteiger partial charge in [0.2, 0.25) is 0 Å². The molecule has 0 aromatic heterocycles. The summed E-state index contributed by atoms with van der Waals surface area (Å²) in [5.74, 6) is -0.851. The van der Waals surface area contributed by atoms with Crippen LogP contribution in [-0.4, -0.2) is 42.8 Å². The van der Waals surface area contributed by atoms with E-state index in [1.807, 2.05) is 0 Å². The molecule has 0 spiro atoms. The number of phosphoric ester groups is 1. The highest BCUT2D eigenvalue weighted by atomic mass is 31.2. The number of rotatable bonds is 38. The van der Waals surface area contributed by atoms with Crippen LogP contribution in [0.5, 0.6) is 0 Å². The van der Waals surface area contributed by atoms with Crippen molar-refractivity contribution in [3.63, 3.8) is 0 Å². The molecule has 0 amide bonds. The first-order chi connectivity index (χ1) is 27.3. The van der Waals surface area contributed by atoms with Gasteiger partial charge in [0.15, 0.2) is 6.10 Å². The van der Waals surface area contributed by atoms with E-state index in [0.29, 0.717) is 12.8 Å². The second kappa shape index (κ2) is 41.6. The largest absolute Gasteiger partial charge is 0.472 e. The van der Waals surface area contributed by atoms with Crippen molar-refractivity contribution in [1.29, 1.82) is 0 Å². The van der Waals surface area contributed by atoms with E-state index in [2.05, 4.69) is 111 Å². The van der Waals surface area contributed by atoms with Crippen molar-refractivity contribution in [2.24, 2.45) is 0 Å². The first kappa shape index (κ1) is 53.0. The molecule has 0 radical (unpaired) electrons. The summed E-state index contributed by atoms with van der Waals surface area (Å²) in [6.07, 6.45) is 54.6. The third-order valence-corrected chi connectivity index (χ3v) is 9.45. The molecule has 0 bridgehead atoms. The predicted molar refractivity (Wildman–Crippen MR) is 234 cm³/mol. The Hall–Kier alpha value is -3.03. The van der Waals surface area contributed by atoms with E-state index >= 15 is 0 Å². The van der Waals surface area contributed by atoms with Gasteiger partial charge in [0.05, 0.1) is 13.2 Å². The van der Waals surface area contributed by atoms with Crippen LogP contribution in [0.3, 0.4) is 0 Å². The molecule has 318 valence electrons. The van der Waals surface area contributed by atoms with E-state index in [1.165, 1.54) is 0 Å². The summed E-state index contributed by atoms with van der Waals surface area (Å²) in [7, 11) is -4.30. The van der Waals surface area contributed by atoms with Gasteiger partial charge in [0.1, 0.15) is 6.61 Å². The van der Waals surface area contributed by atoms with Crippen LogP contribution in [0, 0.1) is 0 Å². The second-order valence-electron chi connectivity index (χ2n) is 13.6. The van der Waals surface area contributed by atoms with Gasteiger partial charge in [-0.15, -0.1) is 0 Å². The minimum atomic E-state index is -4.30. The van der Waals surface area contributed by atoms with Crippen molar-refractivity contribution in [3.8, 4) is 0 Å². The van der Waals surface area contributed by atoms with Gasteiger partial charge >= 0.3 is 19.8 Å². The smallest absolute Gasteiger partial charge is 0.462 e. The fraction of sp³-hybridized carbons (Fsp3) is 0.617. The normalized spacial score (nSPS) is 14.3. The summed E-state index contributed by atoms with van der Waals surface area (Å²) in [5.41, 5.74) is 0. The van der Waals surface area contributed by atoms with Crippen LogP contribution in [0.15, 0.2) is 97.2 Å². The molecule has 0 aromatic rings. The van der Waals surface area contributed by atoms with Crippen molar-refractivity contribution in [2.75, 3.05) is 19.8 Å². The third kappa shape index (κ3) is 40.6. The Kier molecular flexibility index (Phi) is 39.3. The zero-order valence-corrected chi connectivity index (χ0v) is 36.1. The molecular formula is C47H77O8P. The van der Waals surface area contributed by atoms with Crippen molar-refractivity contribution in [1.82, 2.24) is 0 Å². The van der Waals surface area contributed by atoms with E-state index < -0.39 is 32.5 Å². The molecule has 0 saturated carbocycles. The number of unbranched alkanes of at least 4 members (excludes halogenated alkanes) is 10. The first-order valence-corrected chi connectivity index (χ1v) is 23.0. The van der Waals surface area contributed by atoms with Crippen LogP contribution in [0.4, 0.5) is 0 Å². The third-order valence-electron chi connectivity index (χ3n) is 8.39. The van der Waals surface area contributed by atoms with Crippen LogP contribution >= 0.6 is 7.82 Å². The molecule has 0 fully saturated rings. The minimum absolute atomic E-state index is 0.0128. The van der Waals surface area contributed by atoms with E-state index in [-0.39, 0.29) is 26.1 Å². The Morgan fingerprint density at radius 2 is 0.857 bits per heavy atom. The zero-order chi connectivity index (χ0) is 41.1. The van der Waals surface area contributed by atoms with E-state index in [1.54, 1.807) is 6.92 Å². The predicted octanol–water partition coefficient (Wildman–Crippen LogP) is 13.7.